The Kier molecular flexibility index (Phi) is 3.71. The van der Waals surface area contributed by atoms with Gasteiger partial charge in [-0.15, -0.1) is 0 Å². The molecule has 0 aliphatic carbocycles. The van der Waals surface area contributed by atoms with Gasteiger partial charge in [0.25, 0.3) is 6.01 Å². The molecular weight excluding hydrogens is 196 g/mol. The molecular formula is C10H18N2O3. The summed E-state index contributed by atoms with van der Waals surface area (Å²) in [6.07, 6.45) is 1.42. The van der Waals surface area contributed by atoms with Gasteiger partial charge in [-0.25, -0.2) is 0 Å². The Morgan fingerprint density at radius 2 is 2.20 bits per heavy atom. The molecule has 0 unspecified atom stereocenters. The van der Waals surface area contributed by atoms with Gasteiger partial charge in [0.05, 0.1) is 18.8 Å². The standard InChI is InChI=1S/C10H18N2O3/c1-4-12(7-10(2,3)14)9-11-8(5-13)6-15-9/h6,13-14H,4-5,7H2,1-3H3. The van der Waals surface area contributed by atoms with Gasteiger partial charge in [0, 0.05) is 6.54 Å². The number of oxazole rings is 1. The van der Waals surface area contributed by atoms with Crippen LogP contribution in [0, 0.1) is 0 Å². The number of hydrogen-bond donors (Lipinski definition) is 2. The number of likely N-dealkylation sites (N-methyl/N-ethyl adjacent to an activating group) is 1. The van der Waals surface area contributed by atoms with E-state index in [0.717, 1.165) is 0 Å². The van der Waals surface area contributed by atoms with Gasteiger partial charge in [-0.1, -0.05) is 0 Å². The molecule has 0 spiro atoms. The first-order valence-electron chi connectivity index (χ1n) is 4.99. The molecule has 5 heteroatoms. The molecule has 0 radical (unpaired) electrons. The number of aromatic nitrogens is 1. The molecule has 0 saturated carbocycles. The Morgan fingerprint density at radius 1 is 1.53 bits per heavy atom. The summed E-state index contributed by atoms with van der Waals surface area (Å²) in [6.45, 7) is 6.40. The van der Waals surface area contributed by atoms with Crippen molar-refractivity contribution in [2.75, 3.05) is 18.0 Å². The summed E-state index contributed by atoms with van der Waals surface area (Å²) >= 11 is 0. The van der Waals surface area contributed by atoms with Crippen molar-refractivity contribution < 1.29 is 14.6 Å². The van der Waals surface area contributed by atoms with Crippen molar-refractivity contribution in [2.24, 2.45) is 0 Å². The highest BCUT2D eigenvalue weighted by Crippen LogP contribution is 2.16. The molecule has 2 N–H and O–H groups in total. The summed E-state index contributed by atoms with van der Waals surface area (Å²) in [5.74, 6) is 0. The maximum atomic E-state index is 9.68. The van der Waals surface area contributed by atoms with Crippen LogP contribution < -0.4 is 4.90 Å². The lowest BCUT2D eigenvalue weighted by Crippen LogP contribution is -2.38. The molecule has 0 aliphatic heterocycles. The van der Waals surface area contributed by atoms with Gasteiger partial charge in [-0.2, -0.15) is 4.98 Å². The number of anilines is 1. The van der Waals surface area contributed by atoms with E-state index in [4.69, 9.17) is 9.52 Å². The van der Waals surface area contributed by atoms with Crippen molar-refractivity contribution in [3.05, 3.63) is 12.0 Å². The molecule has 0 fully saturated rings. The third-order valence-corrected chi connectivity index (χ3v) is 1.93. The van der Waals surface area contributed by atoms with Crippen molar-refractivity contribution in [3.63, 3.8) is 0 Å². The van der Waals surface area contributed by atoms with Crippen LogP contribution in [0.1, 0.15) is 26.5 Å². The molecule has 1 heterocycles. The fourth-order valence-corrected chi connectivity index (χ4v) is 1.30. The molecule has 0 aromatic carbocycles. The Labute approximate surface area is 89.3 Å². The third-order valence-electron chi connectivity index (χ3n) is 1.93. The van der Waals surface area contributed by atoms with Crippen LogP contribution in [0.15, 0.2) is 10.7 Å². The van der Waals surface area contributed by atoms with Gasteiger partial charge in [0.1, 0.15) is 12.0 Å². The molecule has 1 aromatic rings. The van der Waals surface area contributed by atoms with E-state index in [9.17, 15) is 5.11 Å². The first-order chi connectivity index (χ1) is 6.96. The minimum absolute atomic E-state index is 0.135. The van der Waals surface area contributed by atoms with Crippen molar-refractivity contribution in [2.45, 2.75) is 33.0 Å². The van der Waals surface area contributed by atoms with Crippen LogP contribution in [-0.2, 0) is 6.61 Å². The van der Waals surface area contributed by atoms with Crippen molar-refractivity contribution in [1.29, 1.82) is 0 Å². The van der Waals surface area contributed by atoms with Gasteiger partial charge in [0.15, 0.2) is 0 Å². The summed E-state index contributed by atoms with van der Waals surface area (Å²) in [5.41, 5.74) is -0.302. The molecule has 5 nitrogen and oxygen atoms in total. The maximum absolute atomic E-state index is 9.68. The van der Waals surface area contributed by atoms with E-state index in [1.807, 2.05) is 11.8 Å². The molecule has 1 aromatic heterocycles. The number of hydrogen-bond acceptors (Lipinski definition) is 5. The highest BCUT2D eigenvalue weighted by molar-refractivity contribution is 5.27. The van der Waals surface area contributed by atoms with E-state index in [1.54, 1.807) is 13.8 Å². The fraction of sp³-hybridized carbons (Fsp3) is 0.700. The van der Waals surface area contributed by atoms with Crippen LogP contribution in [-0.4, -0.2) is 33.9 Å². The van der Waals surface area contributed by atoms with E-state index in [2.05, 4.69) is 4.98 Å². The van der Waals surface area contributed by atoms with Crippen LogP contribution in [0.5, 0.6) is 0 Å². The molecule has 0 atom stereocenters. The van der Waals surface area contributed by atoms with Crippen LogP contribution in [0.2, 0.25) is 0 Å². The smallest absolute Gasteiger partial charge is 0.297 e. The highest BCUT2D eigenvalue weighted by atomic mass is 16.4. The average molecular weight is 214 g/mol. The molecule has 0 saturated heterocycles. The third kappa shape index (κ3) is 3.53. The highest BCUT2D eigenvalue weighted by Gasteiger charge is 2.20. The Hall–Kier alpha value is -1.07. The summed E-state index contributed by atoms with van der Waals surface area (Å²) in [5, 5.41) is 18.5. The molecule has 15 heavy (non-hydrogen) atoms. The monoisotopic (exact) mass is 214 g/mol. The maximum Gasteiger partial charge on any atom is 0.297 e. The van der Waals surface area contributed by atoms with E-state index in [-0.39, 0.29) is 6.61 Å². The Morgan fingerprint density at radius 3 is 2.60 bits per heavy atom. The second-order valence-corrected chi connectivity index (χ2v) is 4.11. The minimum atomic E-state index is -0.802. The number of aliphatic hydroxyl groups excluding tert-OH is 1. The van der Waals surface area contributed by atoms with Crippen molar-refractivity contribution in [3.8, 4) is 0 Å². The SMILES string of the molecule is CCN(CC(C)(C)O)c1nc(CO)co1. The van der Waals surface area contributed by atoms with Crippen LogP contribution in [0.3, 0.4) is 0 Å². The molecule has 0 bridgehead atoms. The average Bonchev–Trinajstić information content (AvgIpc) is 2.60. The lowest BCUT2D eigenvalue weighted by molar-refractivity contribution is 0.0864. The zero-order chi connectivity index (χ0) is 11.5. The molecule has 0 amide bonds. The van der Waals surface area contributed by atoms with E-state index in [1.165, 1.54) is 6.26 Å². The lowest BCUT2D eigenvalue weighted by Gasteiger charge is -2.26. The molecule has 0 aliphatic rings. The summed E-state index contributed by atoms with van der Waals surface area (Å²) in [6, 6.07) is 0.434. The van der Waals surface area contributed by atoms with E-state index in [0.29, 0.717) is 24.8 Å². The summed E-state index contributed by atoms with van der Waals surface area (Å²) in [4.78, 5) is 5.90. The zero-order valence-electron chi connectivity index (χ0n) is 9.40. The molecule has 1 rings (SSSR count). The Bertz CT molecular complexity index is 304. The van der Waals surface area contributed by atoms with E-state index < -0.39 is 5.60 Å². The number of aliphatic hydroxyl groups is 2. The first-order valence-corrected chi connectivity index (χ1v) is 4.99. The van der Waals surface area contributed by atoms with Gasteiger partial charge < -0.3 is 19.5 Å². The fourth-order valence-electron chi connectivity index (χ4n) is 1.30. The van der Waals surface area contributed by atoms with Crippen molar-refractivity contribution >= 4 is 6.01 Å². The number of rotatable bonds is 5. The van der Waals surface area contributed by atoms with Gasteiger partial charge in [0.2, 0.25) is 0 Å². The quantitative estimate of drug-likeness (QED) is 0.757. The van der Waals surface area contributed by atoms with E-state index >= 15 is 0 Å². The predicted octanol–water partition coefficient (Wildman–Crippen LogP) is 0.764. The van der Waals surface area contributed by atoms with Gasteiger partial charge in [-0.05, 0) is 20.8 Å². The van der Waals surface area contributed by atoms with Gasteiger partial charge >= 0.3 is 0 Å². The van der Waals surface area contributed by atoms with Crippen LogP contribution in [0.25, 0.3) is 0 Å². The normalized spacial score (nSPS) is 11.8. The Balaban J connectivity index is 2.74. The summed E-state index contributed by atoms with van der Waals surface area (Å²) < 4.78 is 5.20. The van der Waals surface area contributed by atoms with Crippen LogP contribution in [0.4, 0.5) is 6.01 Å². The topological polar surface area (TPSA) is 69.7 Å². The summed E-state index contributed by atoms with van der Waals surface area (Å²) in [7, 11) is 0. The largest absolute Gasteiger partial charge is 0.432 e. The number of nitrogens with zero attached hydrogens (tertiary/aromatic N) is 2. The second-order valence-electron chi connectivity index (χ2n) is 4.11. The lowest BCUT2D eigenvalue weighted by atomic mass is 10.1. The first kappa shape index (κ1) is 12.0. The zero-order valence-corrected chi connectivity index (χ0v) is 9.40. The molecule has 86 valence electrons. The van der Waals surface area contributed by atoms with Crippen molar-refractivity contribution in [1.82, 2.24) is 4.98 Å². The predicted molar refractivity (Wildman–Crippen MR) is 56.6 cm³/mol. The van der Waals surface area contributed by atoms with Crippen LogP contribution >= 0.6 is 0 Å². The van der Waals surface area contributed by atoms with Gasteiger partial charge in [-0.3, -0.25) is 0 Å². The minimum Gasteiger partial charge on any atom is -0.432 e. The second kappa shape index (κ2) is 4.63.